The van der Waals surface area contributed by atoms with E-state index >= 15 is 0 Å². The average molecular weight is 853 g/mol. The first-order valence-corrected chi connectivity index (χ1v) is 23.5. The van der Waals surface area contributed by atoms with Gasteiger partial charge >= 0.3 is 0 Å². The van der Waals surface area contributed by atoms with Gasteiger partial charge in [0.2, 0.25) is 0 Å². The highest BCUT2D eigenvalue weighted by Gasteiger charge is 2.40. The molecule has 0 saturated heterocycles. The summed E-state index contributed by atoms with van der Waals surface area (Å²) in [5.74, 6) is 0.448. The van der Waals surface area contributed by atoms with E-state index in [1.807, 2.05) is 69.8 Å². The summed E-state index contributed by atoms with van der Waals surface area (Å²) in [6, 6.07) is 49.6. The molecule has 3 unspecified atom stereocenters. The highest BCUT2D eigenvalue weighted by atomic mass is 32.2. The molecule has 5 heteroatoms. The van der Waals surface area contributed by atoms with E-state index in [2.05, 4.69) is 169 Å². The number of nitrogens with zero attached hydrogens (tertiary/aromatic N) is 1. The van der Waals surface area contributed by atoms with Gasteiger partial charge in [-0.1, -0.05) is 161 Å². The van der Waals surface area contributed by atoms with Crippen LogP contribution < -0.4 is 15.9 Å². The second kappa shape index (κ2) is 17.3. The highest BCUT2D eigenvalue weighted by Crippen LogP contribution is 2.56. The molecule has 6 aromatic carbocycles. The first kappa shape index (κ1) is 41.1. The van der Waals surface area contributed by atoms with E-state index in [0.29, 0.717) is 5.92 Å². The molecular weight excluding hydrogens is 801 g/mol. The van der Waals surface area contributed by atoms with Gasteiger partial charge in [-0.15, -0.1) is 0 Å². The molecule has 2 aliphatic carbocycles. The molecule has 4 heterocycles. The summed E-state index contributed by atoms with van der Waals surface area (Å²) >= 11 is 2.00. The quantitative estimate of drug-likeness (QED) is 0.162. The van der Waals surface area contributed by atoms with E-state index < -0.39 is 0 Å². The molecule has 64 heavy (non-hydrogen) atoms. The summed E-state index contributed by atoms with van der Waals surface area (Å²) in [4.78, 5) is 2.88. The van der Waals surface area contributed by atoms with Crippen molar-refractivity contribution in [1.29, 1.82) is 0 Å². The fourth-order valence-corrected chi connectivity index (χ4v) is 11.6. The molecule has 0 radical (unpaired) electrons. The average Bonchev–Trinajstić information content (AvgIpc) is 4.11. The Balaban J connectivity index is 0.00000118. The van der Waals surface area contributed by atoms with E-state index in [0.717, 1.165) is 67.2 Å². The topological polar surface area (TPSA) is 43.2 Å². The number of allylic oxidation sites excluding steroid dienone is 7. The van der Waals surface area contributed by atoms with E-state index in [9.17, 15) is 0 Å². The van der Waals surface area contributed by atoms with Crippen molar-refractivity contribution in [2.75, 3.05) is 5.32 Å². The van der Waals surface area contributed by atoms with Crippen LogP contribution in [0, 0.1) is 5.92 Å². The molecule has 0 spiro atoms. The molecule has 0 saturated carbocycles. The summed E-state index contributed by atoms with van der Waals surface area (Å²) in [7, 11) is 0. The van der Waals surface area contributed by atoms with Gasteiger partial charge in [0.25, 0.3) is 0 Å². The summed E-state index contributed by atoms with van der Waals surface area (Å²) in [6.07, 6.45) is 14.6. The molecule has 0 amide bonds. The number of furan rings is 2. The number of thioether (sulfide) groups is 1. The van der Waals surface area contributed by atoms with E-state index in [-0.39, 0.29) is 12.0 Å². The molecule has 0 bridgehead atoms. The van der Waals surface area contributed by atoms with Crippen molar-refractivity contribution in [3.05, 3.63) is 209 Å². The van der Waals surface area contributed by atoms with Gasteiger partial charge in [0.1, 0.15) is 22.3 Å². The van der Waals surface area contributed by atoms with Crippen LogP contribution >= 0.6 is 11.8 Å². The van der Waals surface area contributed by atoms with Crippen LogP contribution in [0.15, 0.2) is 196 Å². The second-order valence-electron chi connectivity index (χ2n) is 16.1. The van der Waals surface area contributed by atoms with Gasteiger partial charge in [0, 0.05) is 65.2 Å². The number of nitrogens with one attached hydrogen (secondary N) is 1. The van der Waals surface area contributed by atoms with Crippen molar-refractivity contribution < 1.29 is 8.83 Å². The van der Waals surface area contributed by atoms with E-state index in [1.165, 1.54) is 48.0 Å². The molecule has 4 nitrogen and oxygen atoms in total. The Morgan fingerprint density at radius 2 is 1.31 bits per heavy atom. The normalized spacial score (nSPS) is 18.0. The lowest BCUT2D eigenvalue weighted by Crippen LogP contribution is -2.34. The minimum absolute atomic E-state index is 0.0642. The summed E-state index contributed by atoms with van der Waals surface area (Å²) < 4.78 is 14.8. The fraction of sp³-hybridized carbons (Fsp3) is 0.153. The molecule has 1 aliphatic heterocycles. The van der Waals surface area contributed by atoms with Crippen molar-refractivity contribution in [1.82, 2.24) is 4.57 Å². The van der Waals surface area contributed by atoms with Gasteiger partial charge in [0.15, 0.2) is 0 Å². The zero-order valence-electron chi connectivity index (χ0n) is 37.1. The minimum atomic E-state index is 0.0642. The largest absolute Gasteiger partial charge is 0.456 e. The minimum Gasteiger partial charge on any atom is -0.456 e. The van der Waals surface area contributed by atoms with Crippen LogP contribution in [0.25, 0.3) is 77.0 Å². The predicted octanol–water partition coefficient (Wildman–Crippen LogP) is 15.4. The monoisotopic (exact) mass is 852 g/mol. The van der Waals surface area contributed by atoms with Crippen LogP contribution in [-0.4, -0.2) is 10.6 Å². The third kappa shape index (κ3) is 6.87. The van der Waals surface area contributed by atoms with Crippen LogP contribution in [-0.2, 0) is 0 Å². The SMILES string of the molecule is C=C/C=C(\C=C(/C)c1ccc2oc3ccccc3c2c1)n1c2c(c3ccccc31)=C1SC3=C(C=CC(Nc4ccc5oc6ccccc6c5c4)C3c3ccccc3)C1CC=2.CC.CC. The van der Waals surface area contributed by atoms with Gasteiger partial charge in [-0.2, -0.15) is 0 Å². The molecule has 9 aromatic rings. The van der Waals surface area contributed by atoms with Gasteiger partial charge < -0.3 is 18.7 Å². The van der Waals surface area contributed by atoms with Gasteiger partial charge in [-0.3, -0.25) is 0 Å². The number of anilines is 1. The number of aromatic nitrogens is 1. The summed E-state index contributed by atoms with van der Waals surface area (Å²) in [5.41, 5.74) is 12.1. The Hall–Kier alpha value is -6.95. The first-order chi connectivity index (χ1) is 31.6. The molecule has 3 atom stereocenters. The maximum Gasteiger partial charge on any atom is 0.135 e. The smallest absolute Gasteiger partial charge is 0.135 e. The summed E-state index contributed by atoms with van der Waals surface area (Å²) in [6.45, 7) is 14.4. The molecule has 12 rings (SSSR count). The Labute approximate surface area is 379 Å². The maximum atomic E-state index is 6.18. The van der Waals surface area contributed by atoms with Crippen molar-refractivity contribution in [3.63, 3.8) is 0 Å². The number of rotatable bonds is 7. The Bertz CT molecular complexity index is 3520. The van der Waals surface area contributed by atoms with Crippen LogP contribution in [0.4, 0.5) is 5.69 Å². The van der Waals surface area contributed by atoms with Gasteiger partial charge in [0.05, 0.1) is 16.9 Å². The number of para-hydroxylation sites is 3. The highest BCUT2D eigenvalue weighted by molar-refractivity contribution is 8.11. The summed E-state index contributed by atoms with van der Waals surface area (Å²) in [5, 5.41) is 12.4. The lowest BCUT2D eigenvalue weighted by Gasteiger charge is -2.31. The third-order valence-corrected chi connectivity index (χ3v) is 14.1. The molecular formula is C59H52N2O2S. The molecule has 0 fully saturated rings. The Kier molecular flexibility index (Phi) is 11.1. The Morgan fingerprint density at radius 1 is 0.688 bits per heavy atom. The van der Waals surface area contributed by atoms with Crippen LogP contribution in [0.2, 0.25) is 0 Å². The first-order valence-electron chi connectivity index (χ1n) is 22.7. The van der Waals surface area contributed by atoms with Gasteiger partial charge in [-0.05, 0) is 96.3 Å². The van der Waals surface area contributed by atoms with Crippen LogP contribution in [0.1, 0.15) is 58.1 Å². The van der Waals surface area contributed by atoms with Gasteiger partial charge in [-0.25, -0.2) is 0 Å². The lowest BCUT2D eigenvalue weighted by molar-refractivity contribution is 0.668. The molecule has 316 valence electrons. The Morgan fingerprint density at radius 3 is 2.03 bits per heavy atom. The van der Waals surface area contributed by atoms with E-state index in [1.54, 1.807) is 0 Å². The number of hydrogen-bond donors (Lipinski definition) is 1. The number of fused-ring (bicyclic) bond motifs is 11. The molecule has 3 aromatic heterocycles. The fourth-order valence-electron chi connectivity index (χ4n) is 9.91. The third-order valence-electron chi connectivity index (χ3n) is 12.6. The standard InChI is InChI=1S/C55H40N2O2S.2C2H6/c1-3-13-37(30-33(2)35-22-28-50-43(31-35)38-16-8-11-20-48(38)58-50)57-46-19-10-7-18-42(46)53-47(57)27-25-41-40-24-26-45(52(54(40)60-55(41)53)34-14-5-4-6-15-34)56-36-23-29-51-44(32-36)39-17-9-12-21-49(39)59-51;2*1-2/h3-24,26-32,41,45,52,56H,1,25H2,2H3;2*1-2H3/b33-30+,37-13+;;. The van der Waals surface area contributed by atoms with E-state index in [4.69, 9.17) is 8.83 Å². The van der Waals surface area contributed by atoms with Crippen molar-refractivity contribution in [2.24, 2.45) is 5.92 Å². The lowest BCUT2D eigenvalue weighted by atomic mass is 9.80. The predicted molar refractivity (Wildman–Crippen MR) is 276 cm³/mol. The van der Waals surface area contributed by atoms with Crippen LogP contribution in [0.5, 0.6) is 0 Å². The zero-order chi connectivity index (χ0) is 43.9. The van der Waals surface area contributed by atoms with Crippen molar-refractivity contribution in [2.45, 2.75) is 53.0 Å². The van der Waals surface area contributed by atoms with Crippen molar-refractivity contribution in [3.8, 4) is 0 Å². The molecule has 3 aliphatic rings. The number of hydrogen-bond acceptors (Lipinski definition) is 4. The van der Waals surface area contributed by atoms with Crippen molar-refractivity contribution >= 4 is 94.5 Å². The zero-order valence-corrected chi connectivity index (χ0v) is 37.9. The second-order valence-corrected chi connectivity index (χ2v) is 17.2. The maximum absolute atomic E-state index is 6.18. The molecule has 1 N–H and O–H groups in total. The number of benzene rings is 6. The van der Waals surface area contributed by atoms with Crippen LogP contribution in [0.3, 0.4) is 0 Å².